The molecule has 0 aromatic heterocycles. The number of benzene rings is 3. The number of carbonyl (C=O) groups excluding carboxylic acids is 2. The second-order valence-corrected chi connectivity index (χ2v) is 11.0. The van der Waals surface area contributed by atoms with Crippen LogP contribution < -0.4 is 4.90 Å². The van der Waals surface area contributed by atoms with E-state index in [1.54, 1.807) is 6.07 Å². The van der Waals surface area contributed by atoms with E-state index in [0.717, 1.165) is 11.8 Å². The smallest absolute Gasteiger partial charge is 0.254 e. The zero-order valence-corrected chi connectivity index (χ0v) is 22.1. The highest BCUT2D eigenvalue weighted by Gasteiger charge is 2.34. The molecule has 3 aromatic rings. The average molecular weight is 547 g/mol. The first-order valence-corrected chi connectivity index (χ1v) is 13.5. The summed E-state index contributed by atoms with van der Waals surface area (Å²) >= 11 is 10.8. The first-order chi connectivity index (χ1) is 17.2. The Kier molecular flexibility index (Phi) is 8.25. The summed E-state index contributed by atoms with van der Waals surface area (Å²) in [6.07, 6.45) is 0. The SMILES string of the molecule is C[C@H]1[C@H](C)N(c2cccc(Cl)c2)CCN1C(=O)c1ccc([S+]([O-])CC(=O)c2cccc(F)c2)c(Cl)c1. The molecule has 0 radical (unpaired) electrons. The first kappa shape index (κ1) is 26.5. The largest absolute Gasteiger partial charge is 0.611 e. The third-order valence-corrected chi connectivity index (χ3v) is 8.53. The predicted molar refractivity (Wildman–Crippen MR) is 142 cm³/mol. The quantitative estimate of drug-likeness (QED) is 0.287. The Labute approximate surface area is 223 Å². The maximum absolute atomic E-state index is 13.4. The van der Waals surface area contributed by atoms with Crippen molar-refractivity contribution in [2.24, 2.45) is 0 Å². The van der Waals surface area contributed by atoms with E-state index in [-0.39, 0.29) is 39.2 Å². The van der Waals surface area contributed by atoms with Crippen LogP contribution in [0.5, 0.6) is 0 Å². The Hall–Kier alpha value is -2.58. The van der Waals surface area contributed by atoms with E-state index < -0.39 is 22.8 Å². The van der Waals surface area contributed by atoms with E-state index in [0.29, 0.717) is 23.7 Å². The van der Waals surface area contributed by atoms with Gasteiger partial charge in [-0.15, -0.1) is 0 Å². The molecule has 5 nitrogen and oxygen atoms in total. The van der Waals surface area contributed by atoms with Crippen LogP contribution in [0.25, 0.3) is 0 Å². The number of carbonyl (C=O) groups is 2. The minimum absolute atomic E-state index is 0.0530. The van der Waals surface area contributed by atoms with Crippen LogP contribution in [0.15, 0.2) is 71.6 Å². The number of nitrogens with zero attached hydrogens (tertiary/aromatic N) is 2. The summed E-state index contributed by atoms with van der Waals surface area (Å²) in [5, 5.41) is 0.806. The third kappa shape index (κ3) is 5.70. The molecule has 1 aliphatic heterocycles. The molecular formula is C27H25Cl2FN2O3S. The topological polar surface area (TPSA) is 63.7 Å². The second kappa shape index (κ2) is 11.2. The number of halogens is 3. The summed E-state index contributed by atoms with van der Waals surface area (Å²) in [4.78, 5) is 30.0. The first-order valence-electron chi connectivity index (χ1n) is 11.5. The molecule has 3 atom stereocenters. The molecule has 0 aliphatic carbocycles. The fraction of sp³-hybridized carbons (Fsp3) is 0.259. The minimum Gasteiger partial charge on any atom is -0.611 e. The molecule has 3 aromatic carbocycles. The standard InChI is InChI=1S/C27H25Cl2FN2O3S/c1-17-18(2)32(12-11-31(17)23-8-4-6-21(28)15-23)27(34)20-9-10-26(24(29)14-20)36(35)16-25(33)19-5-3-7-22(30)13-19/h3-10,13-15,17-18H,11-12,16H2,1-2H3/t17-,18-,36?/m0/s1. The monoisotopic (exact) mass is 546 g/mol. The molecule has 1 saturated heterocycles. The van der Waals surface area contributed by atoms with Gasteiger partial charge in [-0.3, -0.25) is 9.59 Å². The van der Waals surface area contributed by atoms with E-state index in [2.05, 4.69) is 11.8 Å². The normalized spacial score (nSPS) is 18.7. The van der Waals surface area contributed by atoms with Crippen molar-refractivity contribution < 1.29 is 18.5 Å². The maximum Gasteiger partial charge on any atom is 0.254 e. The van der Waals surface area contributed by atoms with Gasteiger partial charge in [0.25, 0.3) is 5.91 Å². The zero-order chi connectivity index (χ0) is 26.0. The van der Waals surface area contributed by atoms with Crippen molar-refractivity contribution in [2.75, 3.05) is 23.7 Å². The molecule has 36 heavy (non-hydrogen) atoms. The maximum atomic E-state index is 13.4. The molecular weight excluding hydrogens is 522 g/mol. The van der Waals surface area contributed by atoms with Crippen LogP contribution in [0.1, 0.15) is 34.6 Å². The Morgan fingerprint density at radius 3 is 2.42 bits per heavy atom. The molecule has 4 rings (SSSR count). The van der Waals surface area contributed by atoms with Gasteiger partial charge in [-0.2, -0.15) is 0 Å². The highest BCUT2D eigenvalue weighted by atomic mass is 35.5. The van der Waals surface area contributed by atoms with Crippen molar-refractivity contribution in [1.82, 2.24) is 4.90 Å². The predicted octanol–water partition coefficient (Wildman–Crippen LogP) is 5.86. The van der Waals surface area contributed by atoms with Crippen LogP contribution in [0.3, 0.4) is 0 Å². The van der Waals surface area contributed by atoms with Gasteiger partial charge in [-0.1, -0.05) is 41.4 Å². The summed E-state index contributed by atoms with van der Waals surface area (Å²) in [5.41, 5.74) is 1.54. The van der Waals surface area contributed by atoms with Crippen LogP contribution in [0, 0.1) is 5.82 Å². The van der Waals surface area contributed by atoms with Crippen molar-refractivity contribution in [1.29, 1.82) is 0 Å². The van der Waals surface area contributed by atoms with Gasteiger partial charge in [-0.25, -0.2) is 4.39 Å². The number of ketones is 1. The highest BCUT2D eigenvalue weighted by Crippen LogP contribution is 2.29. The van der Waals surface area contributed by atoms with E-state index in [9.17, 15) is 18.5 Å². The lowest BCUT2D eigenvalue weighted by Crippen LogP contribution is -2.59. The lowest BCUT2D eigenvalue weighted by Gasteiger charge is -2.46. The van der Waals surface area contributed by atoms with Gasteiger partial charge in [0.05, 0.1) is 5.02 Å². The van der Waals surface area contributed by atoms with Gasteiger partial charge in [0.15, 0.2) is 10.6 Å². The lowest BCUT2D eigenvalue weighted by molar-refractivity contribution is 0.0634. The van der Waals surface area contributed by atoms with Crippen LogP contribution in [0.4, 0.5) is 10.1 Å². The number of hydrogen-bond acceptors (Lipinski definition) is 4. The molecule has 1 aliphatic rings. The Bertz CT molecular complexity index is 1290. The fourth-order valence-corrected chi connectivity index (χ4v) is 6.06. The summed E-state index contributed by atoms with van der Waals surface area (Å²) in [6, 6.07) is 17.5. The number of amides is 1. The minimum atomic E-state index is -1.75. The van der Waals surface area contributed by atoms with Crippen molar-refractivity contribution in [3.63, 3.8) is 0 Å². The molecule has 0 N–H and O–H groups in total. The molecule has 9 heteroatoms. The van der Waals surface area contributed by atoms with E-state index in [4.69, 9.17) is 23.2 Å². The summed E-state index contributed by atoms with van der Waals surface area (Å²) in [5.74, 6) is -1.50. The van der Waals surface area contributed by atoms with E-state index in [1.165, 1.54) is 30.3 Å². The van der Waals surface area contributed by atoms with Gasteiger partial charge in [0, 0.05) is 47.0 Å². The fourth-order valence-electron chi connectivity index (χ4n) is 4.38. The Morgan fingerprint density at radius 1 is 0.972 bits per heavy atom. The number of piperazine rings is 1. The van der Waals surface area contributed by atoms with Gasteiger partial charge in [-0.05, 0) is 73.6 Å². The van der Waals surface area contributed by atoms with Crippen LogP contribution >= 0.6 is 23.2 Å². The van der Waals surface area contributed by atoms with E-state index in [1.807, 2.05) is 36.1 Å². The number of Topliss-reactive ketones (excluding diaryl/α,β-unsaturated/α-hetero) is 1. The lowest BCUT2D eigenvalue weighted by atomic mass is 10.0. The second-order valence-electron chi connectivity index (χ2n) is 8.72. The summed E-state index contributed by atoms with van der Waals surface area (Å²) in [6.45, 7) is 5.24. The van der Waals surface area contributed by atoms with E-state index >= 15 is 0 Å². The molecule has 0 bridgehead atoms. The third-order valence-electron chi connectivity index (χ3n) is 6.50. The van der Waals surface area contributed by atoms with Crippen molar-refractivity contribution in [3.05, 3.63) is 93.7 Å². The molecule has 1 fully saturated rings. The molecule has 0 saturated carbocycles. The van der Waals surface area contributed by atoms with Crippen molar-refractivity contribution >= 4 is 51.8 Å². The van der Waals surface area contributed by atoms with Crippen LogP contribution in [-0.2, 0) is 11.2 Å². The van der Waals surface area contributed by atoms with Gasteiger partial charge < -0.3 is 14.4 Å². The zero-order valence-electron chi connectivity index (χ0n) is 19.8. The number of anilines is 1. The molecule has 1 unspecified atom stereocenters. The van der Waals surface area contributed by atoms with Gasteiger partial charge in [0.1, 0.15) is 5.82 Å². The Morgan fingerprint density at radius 2 is 1.72 bits per heavy atom. The van der Waals surface area contributed by atoms with Gasteiger partial charge in [0.2, 0.25) is 5.78 Å². The molecule has 0 spiro atoms. The highest BCUT2D eigenvalue weighted by molar-refractivity contribution is 7.92. The number of hydrogen-bond donors (Lipinski definition) is 0. The van der Waals surface area contributed by atoms with Crippen LogP contribution in [-0.4, -0.2) is 52.1 Å². The number of rotatable bonds is 6. The van der Waals surface area contributed by atoms with Crippen molar-refractivity contribution in [2.45, 2.75) is 30.8 Å². The molecule has 1 amide bonds. The Balaban J connectivity index is 1.45. The summed E-state index contributed by atoms with van der Waals surface area (Å²) < 4.78 is 26.2. The molecule has 1 heterocycles. The van der Waals surface area contributed by atoms with Gasteiger partial charge >= 0.3 is 0 Å². The average Bonchev–Trinajstić information content (AvgIpc) is 2.85. The molecule has 188 valence electrons. The summed E-state index contributed by atoms with van der Waals surface area (Å²) in [7, 11) is 0. The van der Waals surface area contributed by atoms with Crippen LogP contribution in [0.2, 0.25) is 10.0 Å². The van der Waals surface area contributed by atoms with Crippen molar-refractivity contribution in [3.8, 4) is 0 Å².